The monoisotopic (exact) mass is 216 g/mol. The van der Waals surface area contributed by atoms with Gasteiger partial charge in [0.05, 0.1) is 0 Å². The molecular formula is C12H16N4. The summed E-state index contributed by atoms with van der Waals surface area (Å²) in [6, 6.07) is 3.98. The lowest BCUT2D eigenvalue weighted by Crippen LogP contribution is -2.27. The lowest BCUT2D eigenvalue weighted by molar-refractivity contribution is 0.438. The fourth-order valence-corrected chi connectivity index (χ4v) is 2.49. The third-order valence-electron chi connectivity index (χ3n) is 3.37. The van der Waals surface area contributed by atoms with Crippen molar-refractivity contribution in [3.05, 3.63) is 24.2 Å². The van der Waals surface area contributed by atoms with Crippen LogP contribution in [0.15, 0.2) is 18.3 Å². The molecule has 0 amide bonds. The molecule has 84 valence electrons. The Morgan fingerprint density at radius 1 is 1.38 bits per heavy atom. The first-order valence-electron chi connectivity index (χ1n) is 5.84. The minimum Gasteiger partial charge on any atom is -0.317 e. The predicted octanol–water partition coefficient (Wildman–Crippen LogP) is 1.44. The Labute approximate surface area is 94.7 Å². The van der Waals surface area contributed by atoms with Crippen LogP contribution in [0.1, 0.15) is 24.6 Å². The van der Waals surface area contributed by atoms with Gasteiger partial charge in [-0.2, -0.15) is 0 Å². The molecule has 3 heterocycles. The fraction of sp³-hybridized carbons (Fsp3) is 0.500. The van der Waals surface area contributed by atoms with Crippen LogP contribution in [0.3, 0.4) is 0 Å². The first kappa shape index (κ1) is 9.78. The predicted molar refractivity (Wildman–Crippen MR) is 63.4 cm³/mol. The van der Waals surface area contributed by atoms with E-state index >= 15 is 0 Å². The van der Waals surface area contributed by atoms with Crippen LogP contribution in [0.5, 0.6) is 0 Å². The zero-order valence-electron chi connectivity index (χ0n) is 9.48. The van der Waals surface area contributed by atoms with Crippen LogP contribution >= 0.6 is 0 Å². The van der Waals surface area contributed by atoms with Crippen LogP contribution < -0.4 is 5.32 Å². The second-order valence-electron chi connectivity index (χ2n) is 4.40. The van der Waals surface area contributed by atoms with Crippen molar-refractivity contribution in [1.29, 1.82) is 0 Å². The van der Waals surface area contributed by atoms with Gasteiger partial charge in [-0.05, 0) is 38.1 Å². The van der Waals surface area contributed by atoms with Crippen molar-refractivity contribution in [3.8, 4) is 0 Å². The molecule has 16 heavy (non-hydrogen) atoms. The molecule has 1 N–H and O–H groups in total. The normalized spacial score (nSPS) is 18.1. The zero-order chi connectivity index (χ0) is 11.0. The fourth-order valence-electron chi connectivity index (χ4n) is 2.49. The number of fused-ring (bicyclic) bond motifs is 1. The average molecular weight is 216 g/mol. The van der Waals surface area contributed by atoms with Gasteiger partial charge in [0.1, 0.15) is 11.3 Å². The van der Waals surface area contributed by atoms with E-state index < -0.39 is 0 Å². The molecule has 2 aromatic rings. The Balaban J connectivity index is 2.05. The molecule has 0 radical (unpaired) electrons. The summed E-state index contributed by atoms with van der Waals surface area (Å²) in [6.07, 6.45) is 4.19. The van der Waals surface area contributed by atoms with Gasteiger partial charge in [-0.1, -0.05) is 0 Å². The Kier molecular flexibility index (Phi) is 2.36. The van der Waals surface area contributed by atoms with E-state index in [1.807, 2.05) is 18.3 Å². The molecular weight excluding hydrogens is 200 g/mol. The van der Waals surface area contributed by atoms with Gasteiger partial charge in [-0.15, -0.1) is 0 Å². The highest BCUT2D eigenvalue weighted by molar-refractivity contribution is 5.71. The molecule has 1 saturated heterocycles. The van der Waals surface area contributed by atoms with E-state index in [-0.39, 0.29) is 0 Å². The average Bonchev–Trinajstić information content (AvgIpc) is 2.69. The Morgan fingerprint density at radius 2 is 2.19 bits per heavy atom. The zero-order valence-corrected chi connectivity index (χ0v) is 9.48. The highest BCUT2D eigenvalue weighted by atomic mass is 15.1. The van der Waals surface area contributed by atoms with E-state index in [0.29, 0.717) is 5.92 Å². The highest BCUT2D eigenvalue weighted by Crippen LogP contribution is 2.26. The number of hydrogen-bond donors (Lipinski definition) is 1. The number of rotatable bonds is 1. The first-order valence-corrected chi connectivity index (χ1v) is 5.84. The van der Waals surface area contributed by atoms with Crippen LogP contribution in [-0.4, -0.2) is 27.6 Å². The summed E-state index contributed by atoms with van der Waals surface area (Å²) in [5.41, 5.74) is 2.01. The number of hydrogen-bond acceptors (Lipinski definition) is 3. The molecule has 1 aliphatic heterocycles. The molecule has 1 fully saturated rings. The van der Waals surface area contributed by atoms with Crippen molar-refractivity contribution in [2.75, 3.05) is 13.1 Å². The van der Waals surface area contributed by atoms with Gasteiger partial charge >= 0.3 is 0 Å². The third-order valence-corrected chi connectivity index (χ3v) is 3.37. The maximum atomic E-state index is 4.71. The van der Waals surface area contributed by atoms with E-state index in [9.17, 15) is 0 Å². The Morgan fingerprint density at radius 3 is 2.94 bits per heavy atom. The summed E-state index contributed by atoms with van der Waals surface area (Å²) in [4.78, 5) is 9.09. The molecule has 3 rings (SSSR count). The van der Waals surface area contributed by atoms with E-state index in [1.165, 1.54) is 18.7 Å². The smallest absolute Gasteiger partial charge is 0.159 e. The van der Waals surface area contributed by atoms with E-state index in [2.05, 4.69) is 21.9 Å². The summed E-state index contributed by atoms with van der Waals surface area (Å²) in [7, 11) is 2.07. The van der Waals surface area contributed by atoms with Gasteiger partial charge in [0, 0.05) is 19.2 Å². The Bertz CT molecular complexity index is 497. The SMILES string of the molecule is Cn1c(C2CCNCC2)nc2cccnc21. The molecule has 0 aliphatic carbocycles. The summed E-state index contributed by atoms with van der Waals surface area (Å²) < 4.78 is 2.14. The van der Waals surface area contributed by atoms with Gasteiger partial charge in [-0.3, -0.25) is 0 Å². The number of aromatic nitrogens is 3. The summed E-state index contributed by atoms with van der Waals surface area (Å²) >= 11 is 0. The lowest BCUT2D eigenvalue weighted by atomic mass is 9.97. The van der Waals surface area contributed by atoms with Crippen LogP contribution in [0.2, 0.25) is 0 Å². The second kappa shape index (κ2) is 3.87. The molecule has 4 heteroatoms. The molecule has 0 aromatic carbocycles. The second-order valence-corrected chi connectivity index (χ2v) is 4.40. The molecule has 4 nitrogen and oxygen atoms in total. The van der Waals surface area contributed by atoms with Crippen molar-refractivity contribution in [2.45, 2.75) is 18.8 Å². The minimum atomic E-state index is 0.584. The van der Waals surface area contributed by atoms with Crippen molar-refractivity contribution in [2.24, 2.45) is 7.05 Å². The van der Waals surface area contributed by atoms with E-state index in [0.717, 1.165) is 24.3 Å². The standard InChI is InChI=1S/C12H16N4/c1-16-11(9-4-7-13-8-5-9)15-10-3-2-6-14-12(10)16/h2-3,6,9,13H,4-5,7-8H2,1H3. The summed E-state index contributed by atoms with van der Waals surface area (Å²) in [6.45, 7) is 2.20. The largest absolute Gasteiger partial charge is 0.317 e. The van der Waals surface area contributed by atoms with Crippen molar-refractivity contribution in [3.63, 3.8) is 0 Å². The first-order chi connectivity index (χ1) is 7.86. The summed E-state index contributed by atoms with van der Waals surface area (Å²) in [5, 5.41) is 3.39. The number of nitrogens with one attached hydrogen (secondary N) is 1. The van der Waals surface area contributed by atoms with Gasteiger partial charge in [-0.25, -0.2) is 9.97 Å². The van der Waals surface area contributed by atoms with Crippen molar-refractivity contribution in [1.82, 2.24) is 19.9 Å². The molecule has 2 aromatic heterocycles. The van der Waals surface area contributed by atoms with Crippen LogP contribution in [0, 0.1) is 0 Å². The maximum Gasteiger partial charge on any atom is 0.159 e. The van der Waals surface area contributed by atoms with Crippen LogP contribution in [0.4, 0.5) is 0 Å². The minimum absolute atomic E-state index is 0.584. The van der Waals surface area contributed by atoms with Gasteiger partial charge in [0.2, 0.25) is 0 Å². The van der Waals surface area contributed by atoms with Crippen LogP contribution in [0.25, 0.3) is 11.2 Å². The molecule has 1 aliphatic rings. The lowest BCUT2D eigenvalue weighted by Gasteiger charge is -2.21. The topological polar surface area (TPSA) is 42.7 Å². The molecule has 0 unspecified atom stereocenters. The number of imidazole rings is 1. The van der Waals surface area contributed by atoms with E-state index in [1.54, 1.807) is 0 Å². The summed E-state index contributed by atoms with van der Waals surface area (Å²) in [5.74, 6) is 1.77. The van der Waals surface area contributed by atoms with Crippen molar-refractivity contribution >= 4 is 11.2 Å². The quantitative estimate of drug-likeness (QED) is 0.784. The van der Waals surface area contributed by atoms with Gasteiger partial charge in [0.15, 0.2) is 5.65 Å². The molecule has 0 saturated carbocycles. The molecule has 0 atom stereocenters. The van der Waals surface area contributed by atoms with Crippen molar-refractivity contribution < 1.29 is 0 Å². The number of pyridine rings is 1. The number of aryl methyl sites for hydroxylation is 1. The van der Waals surface area contributed by atoms with Gasteiger partial charge < -0.3 is 9.88 Å². The maximum absolute atomic E-state index is 4.71. The Hall–Kier alpha value is -1.42. The van der Waals surface area contributed by atoms with E-state index in [4.69, 9.17) is 4.98 Å². The van der Waals surface area contributed by atoms with Crippen LogP contribution in [-0.2, 0) is 7.05 Å². The number of nitrogens with zero attached hydrogens (tertiary/aromatic N) is 3. The van der Waals surface area contributed by atoms with Gasteiger partial charge in [0.25, 0.3) is 0 Å². The molecule has 0 bridgehead atoms. The highest BCUT2D eigenvalue weighted by Gasteiger charge is 2.20. The molecule has 0 spiro atoms. The third kappa shape index (κ3) is 1.50. The number of piperidine rings is 1.